The highest BCUT2D eigenvalue weighted by Crippen LogP contribution is 2.19. The molecule has 2 aromatic heterocycles. The highest BCUT2D eigenvalue weighted by molar-refractivity contribution is 7.16. The van der Waals surface area contributed by atoms with Crippen molar-refractivity contribution in [1.82, 2.24) is 14.3 Å². The van der Waals surface area contributed by atoms with E-state index in [0.29, 0.717) is 22.6 Å². The van der Waals surface area contributed by atoms with Gasteiger partial charge in [-0.15, -0.1) is 0 Å². The number of hydrogen-bond donors (Lipinski definition) is 0. The van der Waals surface area contributed by atoms with E-state index in [-0.39, 0.29) is 0 Å². The minimum absolute atomic E-state index is 0.310. The van der Waals surface area contributed by atoms with Crippen LogP contribution in [-0.4, -0.2) is 33.3 Å². The molecule has 7 nitrogen and oxygen atoms in total. The maximum Gasteiger partial charge on any atom is 0.337 e. The van der Waals surface area contributed by atoms with Gasteiger partial charge in [0, 0.05) is 19.8 Å². The smallest absolute Gasteiger partial charge is 0.337 e. The van der Waals surface area contributed by atoms with Gasteiger partial charge in [0.15, 0.2) is 10.5 Å². The molecule has 3 rings (SSSR count). The number of carbonyl (C=O) groups excluding carboxylic acids is 2. The number of esters is 1. The molecule has 24 heavy (non-hydrogen) atoms. The van der Waals surface area contributed by atoms with Crippen LogP contribution in [0.5, 0.6) is 0 Å². The van der Waals surface area contributed by atoms with Crippen LogP contribution >= 0.6 is 11.3 Å². The molecular formula is C16H16N4O3S. The molecule has 0 aliphatic heterocycles. The largest absolute Gasteiger partial charge is 0.465 e. The predicted molar refractivity (Wildman–Crippen MR) is 89.9 cm³/mol. The summed E-state index contributed by atoms with van der Waals surface area (Å²) < 4.78 is 9.07. The first-order chi connectivity index (χ1) is 11.5. The van der Waals surface area contributed by atoms with Gasteiger partial charge in [0.05, 0.1) is 22.9 Å². The van der Waals surface area contributed by atoms with Gasteiger partial charge in [-0.25, -0.2) is 4.79 Å². The molecule has 0 fully saturated rings. The standard InChI is InChI=1S/C16H16N4O3S/c1-4-20-8-7-11(18-20)14(21)17-16-19(2)12-6-5-10(15(22)23-3)9-13(12)24-16/h5-9H,4H2,1-3H3. The highest BCUT2D eigenvalue weighted by Gasteiger charge is 2.12. The van der Waals surface area contributed by atoms with Crippen molar-refractivity contribution >= 4 is 33.4 Å². The van der Waals surface area contributed by atoms with Gasteiger partial charge in [-0.2, -0.15) is 10.1 Å². The number of amides is 1. The van der Waals surface area contributed by atoms with Crippen LogP contribution in [-0.2, 0) is 18.3 Å². The molecule has 0 bridgehead atoms. The van der Waals surface area contributed by atoms with Crippen LogP contribution in [0.25, 0.3) is 10.2 Å². The lowest BCUT2D eigenvalue weighted by molar-refractivity contribution is 0.0601. The zero-order chi connectivity index (χ0) is 17.3. The van der Waals surface area contributed by atoms with E-state index in [9.17, 15) is 9.59 Å². The van der Waals surface area contributed by atoms with Crippen molar-refractivity contribution in [3.8, 4) is 0 Å². The highest BCUT2D eigenvalue weighted by atomic mass is 32.1. The lowest BCUT2D eigenvalue weighted by Crippen LogP contribution is -2.13. The molecule has 2 heterocycles. The summed E-state index contributed by atoms with van der Waals surface area (Å²) in [5.41, 5.74) is 1.66. The summed E-state index contributed by atoms with van der Waals surface area (Å²) >= 11 is 1.33. The Morgan fingerprint density at radius 3 is 2.79 bits per heavy atom. The van der Waals surface area contributed by atoms with E-state index in [1.807, 2.05) is 24.6 Å². The number of ether oxygens (including phenoxy) is 1. The zero-order valence-corrected chi connectivity index (χ0v) is 14.3. The van der Waals surface area contributed by atoms with E-state index in [1.165, 1.54) is 18.4 Å². The lowest BCUT2D eigenvalue weighted by atomic mass is 10.2. The van der Waals surface area contributed by atoms with Gasteiger partial charge in [0.1, 0.15) is 0 Å². The average molecular weight is 344 g/mol. The van der Waals surface area contributed by atoms with Gasteiger partial charge in [-0.1, -0.05) is 11.3 Å². The number of benzene rings is 1. The second-order valence-electron chi connectivity index (χ2n) is 5.09. The molecule has 1 aromatic carbocycles. The molecule has 0 aliphatic rings. The van der Waals surface area contributed by atoms with Crippen molar-refractivity contribution in [3.05, 3.63) is 46.5 Å². The van der Waals surface area contributed by atoms with Crippen LogP contribution in [0.3, 0.4) is 0 Å². The molecular weight excluding hydrogens is 328 g/mol. The molecule has 8 heteroatoms. The normalized spacial score (nSPS) is 11.9. The van der Waals surface area contributed by atoms with Gasteiger partial charge < -0.3 is 9.30 Å². The first-order valence-electron chi connectivity index (χ1n) is 7.34. The van der Waals surface area contributed by atoms with Crippen molar-refractivity contribution in [1.29, 1.82) is 0 Å². The molecule has 3 aromatic rings. The molecule has 0 spiro atoms. The molecule has 0 aliphatic carbocycles. The van der Waals surface area contributed by atoms with E-state index < -0.39 is 11.9 Å². The Bertz CT molecular complexity index is 996. The second kappa shape index (κ2) is 6.40. The van der Waals surface area contributed by atoms with Crippen molar-refractivity contribution in [2.45, 2.75) is 13.5 Å². The Hall–Kier alpha value is -2.74. The quantitative estimate of drug-likeness (QED) is 0.681. The zero-order valence-electron chi connectivity index (χ0n) is 13.5. The van der Waals surface area contributed by atoms with Crippen LogP contribution < -0.4 is 4.80 Å². The van der Waals surface area contributed by atoms with Gasteiger partial charge in [0.2, 0.25) is 0 Å². The molecule has 124 valence electrons. The summed E-state index contributed by atoms with van der Waals surface area (Å²) in [6.45, 7) is 2.64. The van der Waals surface area contributed by atoms with E-state index in [2.05, 4.69) is 10.1 Å². The van der Waals surface area contributed by atoms with Crippen molar-refractivity contribution in [2.24, 2.45) is 12.0 Å². The van der Waals surface area contributed by atoms with Crippen LogP contribution in [0, 0.1) is 0 Å². The van der Waals surface area contributed by atoms with Crippen LogP contribution in [0.4, 0.5) is 0 Å². The van der Waals surface area contributed by atoms with Crippen LogP contribution in [0.1, 0.15) is 27.8 Å². The monoisotopic (exact) mass is 344 g/mol. The number of thiazole rings is 1. The van der Waals surface area contributed by atoms with Crippen molar-refractivity contribution in [2.75, 3.05) is 7.11 Å². The summed E-state index contributed by atoms with van der Waals surface area (Å²) in [6.07, 6.45) is 1.75. The van der Waals surface area contributed by atoms with Crippen molar-refractivity contribution in [3.63, 3.8) is 0 Å². The summed E-state index contributed by atoms with van der Waals surface area (Å²) in [7, 11) is 3.17. The third kappa shape index (κ3) is 2.88. The van der Waals surface area contributed by atoms with Gasteiger partial charge >= 0.3 is 5.97 Å². The average Bonchev–Trinajstić information content (AvgIpc) is 3.19. The first kappa shape index (κ1) is 16.1. The summed E-state index contributed by atoms with van der Waals surface area (Å²) in [6, 6.07) is 6.89. The number of methoxy groups -OCH3 is 1. The molecule has 0 saturated carbocycles. The van der Waals surface area contributed by atoms with E-state index >= 15 is 0 Å². The third-order valence-corrected chi connectivity index (χ3v) is 4.71. The van der Waals surface area contributed by atoms with Gasteiger partial charge in [-0.3, -0.25) is 9.48 Å². The first-order valence-corrected chi connectivity index (χ1v) is 8.15. The summed E-state index contributed by atoms with van der Waals surface area (Å²) in [4.78, 5) is 28.6. The number of rotatable bonds is 3. The Morgan fingerprint density at radius 2 is 2.12 bits per heavy atom. The van der Waals surface area contributed by atoms with Crippen molar-refractivity contribution < 1.29 is 14.3 Å². The Morgan fingerprint density at radius 1 is 1.33 bits per heavy atom. The molecule has 0 saturated heterocycles. The molecule has 0 unspecified atom stereocenters. The van der Waals surface area contributed by atoms with E-state index in [1.54, 1.807) is 29.1 Å². The number of aromatic nitrogens is 3. The number of carbonyl (C=O) groups is 2. The number of nitrogens with zero attached hydrogens (tertiary/aromatic N) is 4. The Balaban J connectivity index is 2.04. The predicted octanol–water partition coefficient (Wildman–Crippen LogP) is 1.98. The van der Waals surface area contributed by atoms with Gasteiger partial charge in [-0.05, 0) is 31.2 Å². The summed E-state index contributed by atoms with van der Waals surface area (Å²) in [5.74, 6) is -0.787. The number of fused-ring (bicyclic) bond motifs is 1. The maximum absolute atomic E-state index is 12.3. The lowest BCUT2D eigenvalue weighted by Gasteiger charge is -1.99. The molecule has 0 atom stereocenters. The molecule has 0 N–H and O–H groups in total. The summed E-state index contributed by atoms with van der Waals surface area (Å²) in [5, 5.41) is 4.16. The molecule has 0 radical (unpaired) electrons. The SMILES string of the molecule is CCn1ccc(C(=O)N=c2sc3cc(C(=O)OC)ccc3n2C)n1. The minimum Gasteiger partial charge on any atom is -0.465 e. The fourth-order valence-electron chi connectivity index (χ4n) is 2.28. The third-order valence-electron chi connectivity index (χ3n) is 3.61. The number of aryl methyl sites for hydroxylation is 2. The number of hydrogen-bond acceptors (Lipinski definition) is 5. The van der Waals surface area contributed by atoms with E-state index in [0.717, 1.165) is 10.2 Å². The Labute approximate surface area is 141 Å². The topological polar surface area (TPSA) is 78.5 Å². The maximum atomic E-state index is 12.3. The molecule has 1 amide bonds. The van der Waals surface area contributed by atoms with Crippen LogP contribution in [0.2, 0.25) is 0 Å². The fraction of sp³-hybridized carbons (Fsp3) is 0.250. The fourth-order valence-corrected chi connectivity index (χ4v) is 3.34. The van der Waals surface area contributed by atoms with Gasteiger partial charge in [0.25, 0.3) is 5.91 Å². The Kier molecular flexibility index (Phi) is 4.30. The second-order valence-corrected chi connectivity index (χ2v) is 6.10. The van der Waals surface area contributed by atoms with E-state index in [4.69, 9.17) is 4.74 Å². The minimum atomic E-state index is -0.396. The van der Waals surface area contributed by atoms with Crippen LogP contribution in [0.15, 0.2) is 35.5 Å².